The molecule has 1 atom stereocenters. The number of halogens is 1. The van der Waals surface area contributed by atoms with Crippen LogP contribution in [0, 0.1) is 0 Å². The second-order valence-electron chi connectivity index (χ2n) is 8.15. The van der Waals surface area contributed by atoms with Gasteiger partial charge in [0.25, 0.3) is 0 Å². The fraction of sp³-hybridized carbons (Fsp3) is 0.632. The van der Waals surface area contributed by atoms with E-state index in [1.165, 1.54) is 0 Å². The highest BCUT2D eigenvalue weighted by atomic mass is 35.5. The smallest absolute Gasteiger partial charge is 0.410 e. The average molecular weight is 393 g/mol. The van der Waals surface area contributed by atoms with Crippen LogP contribution in [0.15, 0.2) is 6.07 Å². The monoisotopic (exact) mass is 392 g/mol. The summed E-state index contributed by atoms with van der Waals surface area (Å²) in [5.74, 6) is 0. The van der Waals surface area contributed by atoms with Crippen molar-refractivity contribution in [2.75, 3.05) is 13.2 Å². The van der Waals surface area contributed by atoms with Gasteiger partial charge in [-0.3, -0.25) is 4.90 Å². The number of nitrogens with zero attached hydrogens (tertiary/aromatic N) is 4. The summed E-state index contributed by atoms with van der Waals surface area (Å²) in [5, 5.41) is 5.23. The molecule has 2 aromatic heterocycles. The summed E-state index contributed by atoms with van der Waals surface area (Å²) < 4.78 is 12.8. The van der Waals surface area contributed by atoms with Gasteiger partial charge in [0.15, 0.2) is 5.65 Å². The predicted octanol–water partition coefficient (Wildman–Crippen LogP) is 3.92. The summed E-state index contributed by atoms with van der Waals surface area (Å²) in [6.07, 6.45) is 3.32. The Morgan fingerprint density at radius 3 is 2.96 bits per heavy atom. The minimum atomic E-state index is -0.526. The fourth-order valence-corrected chi connectivity index (χ4v) is 3.99. The molecule has 4 heterocycles. The first kappa shape index (κ1) is 18.5. The van der Waals surface area contributed by atoms with Gasteiger partial charge in [0.05, 0.1) is 30.6 Å². The van der Waals surface area contributed by atoms with E-state index in [0.717, 1.165) is 42.6 Å². The first-order chi connectivity index (χ1) is 12.8. The van der Waals surface area contributed by atoms with Crippen molar-refractivity contribution in [3.63, 3.8) is 0 Å². The van der Waals surface area contributed by atoms with Crippen LogP contribution in [0.1, 0.15) is 63.0 Å². The van der Waals surface area contributed by atoms with Crippen molar-refractivity contribution < 1.29 is 14.3 Å². The van der Waals surface area contributed by atoms with Gasteiger partial charge < -0.3 is 9.47 Å². The molecule has 0 radical (unpaired) electrons. The number of ether oxygens (including phenoxy) is 2. The zero-order chi connectivity index (χ0) is 19.2. The van der Waals surface area contributed by atoms with E-state index in [-0.39, 0.29) is 12.1 Å². The summed E-state index contributed by atoms with van der Waals surface area (Å²) in [6, 6.07) is 1.81. The molecule has 27 heavy (non-hydrogen) atoms. The average Bonchev–Trinajstić information content (AvgIpc) is 3.05. The molecular weight excluding hydrogens is 368 g/mol. The minimum Gasteiger partial charge on any atom is -0.444 e. The topological polar surface area (TPSA) is 69.0 Å². The fourth-order valence-electron chi connectivity index (χ4n) is 3.70. The Bertz CT molecular complexity index is 874. The van der Waals surface area contributed by atoms with E-state index in [1.807, 2.05) is 26.8 Å². The van der Waals surface area contributed by atoms with Crippen LogP contribution in [-0.4, -0.2) is 44.3 Å². The molecule has 0 aliphatic carbocycles. The number of fused-ring (bicyclic) bond motifs is 2. The normalized spacial score (nSPS) is 20.6. The number of hydrogen-bond donors (Lipinski definition) is 0. The maximum Gasteiger partial charge on any atom is 0.410 e. The van der Waals surface area contributed by atoms with Crippen LogP contribution in [-0.2, 0) is 22.5 Å². The van der Waals surface area contributed by atoms with E-state index in [1.54, 1.807) is 9.42 Å². The van der Waals surface area contributed by atoms with Crippen molar-refractivity contribution >= 4 is 23.3 Å². The minimum absolute atomic E-state index is 0.125. The molecule has 2 aromatic rings. The molecule has 2 aliphatic heterocycles. The van der Waals surface area contributed by atoms with Gasteiger partial charge in [-0.25, -0.2) is 14.3 Å². The lowest BCUT2D eigenvalue weighted by Gasteiger charge is -2.35. The Kier molecular flexibility index (Phi) is 4.76. The van der Waals surface area contributed by atoms with E-state index < -0.39 is 5.60 Å². The van der Waals surface area contributed by atoms with Gasteiger partial charge in [-0.05, 0) is 40.0 Å². The molecule has 2 aliphatic rings. The summed E-state index contributed by atoms with van der Waals surface area (Å²) in [6.45, 7) is 7.42. The molecule has 8 heteroatoms. The second kappa shape index (κ2) is 6.95. The van der Waals surface area contributed by atoms with E-state index in [0.29, 0.717) is 30.6 Å². The third-order valence-electron chi connectivity index (χ3n) is 4.94. The van der Waals surface area contributed by atoms with Crippen molar-refractivity contribution in [1.29, 1.82) is 0 Å². The Hall–Kier alpha value is -1.86. The Morgan fingerprint density at radius 1 is 1.37 bits per heavy atom. The van der Waals surface area contributed by atoms with Gasteiger partial charge in [0.1, 0.15) is 10.8 Å². The number of hydrogen-bond acceptors (Lipinski definition) is 5. The van der Waals surface area contributed by atoms with Crippen LogP contribution in [0.4, 0.5) is 4.79 Å². The second-order valence-corrected chi connectivity index (χ2v) is 8.51. The molecule has 1 unspecified atom stereocenters. The molecule has 0 saturated carbocycles. The Balaban J connectivity index is 1.69. The quantitative estimate of drug-likeness (QED) is 0.688. The van der Waals surface area contributed by atoms with Crippen LogP contribution in [0.25, 0.3) is 5.65 Å². The molecule has 7 nitrogen and oxygen atoms in total. The SMILES string of the molecule is CC(C)(C)OC(=O)N1CCCCC1c1cc2nc3c(c(Cl)n2n1)COCC3. The lowest BCUT2D eigenvalue weighted by Crippen LogP contribution is -2.42. The molecule has 1 fully saturated rings. The number of carbonyl (C=O) groups is 1. The van der Waals surface area contributed by atoms with E-state index in [9.17, 15) is 4.79 Å². The molecule has 0 aromatic carbocycles. The van der Waals surface area contributed by atoms with Crippen LogP contribution in [0.5, 0.6) is 0 Å². The number of piperidine rings is 1. The Labute approximate surface area is 163 Å². The first-order valence-electron chi connectivity index (χ1n) is 9.48. The van der Waals surface area contributed by atoms with E-state index in [4.69, 9.17) is 31.2 Å². The van der Waals surface area contributed by atoms with Gasteiger partial charge in [0, 0.05) is 24.6 Å². The lowest BCUT2D eigenvalue weighted by atomic mass is 10.00. The summed E-state index contributed by atoms with van der Waals surface area (Å²) in [4.78, 5) is 19.2. The third kappa shape index (κ3) is 3.62. The highest BCUT2D eigenvalue weighted by Crippen LogP contribution is 2.33. The number of rotatable bonds is 1. The Morgan fingerprint density at radius 2 is 2.19 bits per heavy atom. The summed E-state index contributed by atoms with van der Waals surface area (Å²) >= 11 is 6.57. The number of carbonyl (C=O) groups excluding carboxylic acids is 1. The highest BCUT2D eigenvalue weighted by molar-refractivity contribution is 6.30. The van der Waals surface area contributed by atoms with Crippen molar-refractivity contribution in [3.8, 4) is 0 Å². The molecule has 146 valence electrons. The molecule has 1 amide bonds. The summed E-state index contributed by atoms with van der Waals surface area (Å²) in [7, 11) is 0. The van der Waals surface area contributed by atoms with Crippen molar-refractivity contribution in [1.82, 2.24) is 19.5 Å². The van der Waals surface area contributed by atoms with Gasteiger partial charge in [-0.1, -0.05) is 11.6 Å². The molecule has 0 bridgehead atoms. The number of aromatic nitrogens is 3. The van der Waals surface area contributed by atoms with Gasteiger partial charge in [0.2, 0.25) is 0 Å². The molecule has 0 spiro atoms. The van der Waals surface area contributed by atoms with Gasteiger partial charge in [-0.15, -0.1) is 0 Å². The maximum atomic E-state index is 12.7. The van der Waals surface area contributed by atoms with Crippen molar-refractivity contribution in [2.45, 2.75) is 64.7 Å². The van der Waals surface area contributed by atoms with Crippen LogP contribution in [0.3, 0.4) is 0 Å². The van der Waals surface area contributed by atoms with Crippen LogP contribution in [0.2, 0.25) is 5.15 Å². The first-order valence-corrected chi connectivity index (χ1v) is 9.85. The standard InChI is InChI=1S/C19H25ClN4O3/c1-19(2,3)27-18(25)23-8-5-4-6-15(23)14-10-16-21-13-7-9-26-11-12(13)17(20)24(16)22-14/h10,15H,4-9,11H2,1-3H3. The maximum absolute atomic E-state index is 12.7. The predicted molar refractivity (Wildman–Crippen MR) is 101 cm³/mol. The lowest BCUT2D eigenvalue weighted by molar-refractivity contribution is 0.00898. The van der Waals surface area contributed by atoms with E-state index in [2.05, 4.69) is 0 Å². The number of likely N-dealkylation sites (tertiary alicyclic amines) is 1. The summed E-state index contributed by atoms with van der Waals surface area (Å²) in [5.41, 5.74) is 2.86. The third-order valence-corrected chi connectivity index (χ3v) is 5.33. The van der Waals surface area contributed by atoms with E-state index >= 15 is 0 Å². The molecular formula is C19H25ClN4O3. The van der Waals surface area contributed by atoms with Gasteiger partial charge in [-0.2, -0.15) is 5.10 Å². The van der Waals surface area contributed by atoms with Crippen molar-refractivity contribution in [2.24, 2.45) is 0 Å². The van der Waals surface area contributed by atoms with Crippen LogP contribution >= 0.6 is 11.6 Å². The zero-order valence-electron chi connectivity index (χ0n) is 16.0. The van der Waals surface area contributed by atoms with Gasteiger partial charge >= 0.3 is 6.09 Å². The molecule has 1 saturated heterocycles. The number of amides is 1. The zero-order valence-corrected chi connectivity index (χ0v) is 16.8. The van der Waals surface area contributed by atoms with Crippen LogP contribution < -0.4 is 0 Å². The van der Waals surface area contributed by atoms with Crippen molar-refractivity contribution in [3.05, 3.63) is 28.2 Å². The molecule has 0 N–H and O–H groups in total. The highest BCUT2D eigenvalue weighted by Gasteiger charge is 2.33. The largest absolute Gasteiger partial charge is 0.444 e. The molecule has 4 rings (SSSR count).